The third-order valence-corrected chi connectivity index (χ3v) is 2.20. The Balaban J connectivity index is 2.68. The molecule has 0 saturated carbocycles. The van der Waals surface area contributed by atoms with Crippen LogP contribution in [0.2, 0.25) is 0 Å². The van der Waals surface area contributed by atoms with E-state index in [9.17, 15) is 13.2 Å². The Morgan fingerprint density at radius 3 is 2.56 bits per heavy atom. The number of benzene rings is 1. The Labute approximate surface area is 89.3 Å². The van der Waals surface area contributed by atoms with Gasteiger partial charge in [-0.25, -0.2) is 9.97 Å². The standard InChI is InChI=1S/C10H8F3N3/c1-14-9-7-4-6(10(11,12)13)2-3-8(7)15-5-16-9/h2-5H,1H3,(H,14,15,16). The molecule has 0 aliphatic rings. The van der Waals surface area contributed by atoms with Crippen molar-refractivity contribution in [3.05, 3.63) is 30.1 Å². The number of anilines is 1. The zero-order valence-corrected chi connectivity index (χ0v) is 8.34. The van der Waals surface area contributed by atoms with Gasteiger partial charge in [-0.3, -0.25) is 0 Å². The Morgan fingerprint density at radius 2 is 1.94 bits per heavy atom. The molecule has 0 fully saturated rings. The minimum absolute atomic E-state index is 0.361. The number of aromatic nitrogens is 2. The third-order valence-electron chi connectivity index (χ3n) is 2.20. The lowest BCUT2D eigenvalue weighted by Crippen LogP contribution is -2.05. The molecule has 1 heterocycles. The van der Waals surface area contributed by atoms with Gasteiger partial charge in [-0.2, -0.15) is 13.2 Å². The average Bonchev–Trinajstić information content (AvgIpc) is 2.26. The van der Waals surface area contributed by atoms with E-state index >= 15 is 0 Å². The Bertz CT molecular complexity index is 522. The maximum atomic E-state index is 12.5. The summed E-state index contributed by atoms with van der Waals surface area (Å²) in [6.45, 7) is 0. The second-order valence-electron chi connectivity index (χ2n) is 3.20. The zero-order chi connectivity index (χ0) is 11.8. The fourth-order valence-corrected chi connectivity index (χ4v) is 1.43. The molecule has 2 aromatic rings. The van der Waals surface area contributed by atoms with E-state index in [1.165, 1.54) is 12.4 Å². The molecule has 0 unspecified atom stereocenters. The first-order valence-electron chi connectivity index (χ1n) is 4.52. The van der Waals surface area contributed by atoms with Crippen molar-refractivity contribution in [2.75, 3.05) is 12.4 Å². The van der Waals surface area contributed by atoms with Crippen LogP contribution in [0.15, 0.2) is 24.5 Å². The van der Waals surface area contributed by atoms with E-state index < -0.39 is 11.7 Å². The molecule has 84 valence electrons. The molecule has 0 saturated heterocycles. The molecule has 1 aromatic heterocycles. The number of fused-ring (bicyclic) bond motifs is 1. The number of rotatable bonds is 1. The van der Waals surface area contributed by atoms with E-state index in [4.69, 9.17) is 0 Å². The maximum absolute atomic E-state index is 12.5. The molecular weight excluding hydrogens is 219 g/mol. The molecule has 1 N–H and O–H groups in total. The third kappa shape index (κ3) is 1.78. The second-order valence-corrected chi connectivity index (χ2v) is 3.20. The van der Waals surface area contributed by atoms with Gasteiger partial charge in [0.05, 0.1) is 11.1 Å². The predicted octanol–water partition coefficient (Wildman–Crippen LogP) is 2.69. The molecule has 0 spiro atoms. The van der Waals surface area contributed by atoms with Gasteiger partial charge in [-0.1, -0.05) is 0 Å². The van der Waals surface area contributed by atoms with E-state index in [0.717, 1.165) is 12.1 Å². The van der Waals surface area contributed by atoms with Crippen molar-refractivity contribution in [2.45, 2.75) is 6.18 Å². The number of nitrogens with zero attached hydrogens (tertiary/aromatic N) is 2. The van der Waals surface area contributed by atoms with Gasteiger partial charge in [0, 0.05) is 12.4 Å². The van der Waals surface area contributed by atoms with Crippen molar-refractivity contribution in [1.29, 1.82) is 0 Å². The summed E-state index contributed by atoms with van der Waals surface area (Å²) >= 11 is 0. The van der Waals surface area contributed by atoms with Crippen molar-refractivity contribution in [3.8, 4) is 0 Å². The lowest BCUT2D eigenvalue weighted by atomic mass is 10.1. The molecule has 6 heteroatoms. The van der Waals surface area contributed by atoms with Gasteiger partial charge in [-0.15, -0.1) is 0 Å². The lowest BCUT2D eigenvalue weighted by Gasteiger charge is -2.09. The molecule has 0 atom stereocenters. The number of alkyl halides is 3. The number of hydrogen-bond donors (Lipinski definition) is 1. The van der Waals surface area contributed by atoms with Crippen LogP contribution in [0.25, 0.3) is 10.9 Å². The van der Waals surface area contributed by atoms with Crippen molar-refractivity contribution in [1.82, 2.24) is 9.97 Å². The Morgan fingerprint density at radius 1 is 1.19 bits per heavy atom. The quantitative estimate of drug-likeness (QED) is 0.813. The summed E-state index contributed by atoms with van der Waals surface area (Å²) in [5.41, 5.74) is -0.223. The van der Waals surface area contributed by atoms with Gasteiger partial charge in [0.1, 0.15) is 12.1 Å². The van der Waals surface area contributed by atoms with Crippen LogP contribution < -0.4 is 5.32 Å². The highest BCUT2D eigenvalue weighted by atomic mass is 19.4. The van der Waals surface area contributed by atoms with Crippen molar-refractivity contribution < 1.29 is 13.2 Å². The normalized spacial score (nSPS) is 11.8. The first kappa shape index (κ1) is 10.7. The Kier molecular flexibility index (Phi) is 2.41. The Hall–Kier alpha value is -1.85. The average molecular weight is 227 g/mol. The first-order valence-corrected chi connectivity index (χ1v) is 4.52. The molecular formula is C10H8F3N3. The van der Waals surface area contributed by atoms with Crippen LogP contribution in [0.4, 0.5) is 19.0 Å². The summed E-state index contributed by atoms with van der Waals surface area (Å²) < 4.78 is 37.5. The second kappa shape index (κ2) is 3.62. The fourth-order valence-electron chi connectivity index (χ4n) is 1.43. The predicted molar refractivity (Wildman–Crippen MR) is 54.1 cm³/mol. The summed E-state index contributed by atoms with van der Waals surface area (Å²) in [4.78, 5) is 7.75. The minimum atomic E-state index is -4.35. The van der Waals surface area contributed by atoms with Crippen LogP contribution in [0.1, 0.15) is 5.56 Å². The number of nitrogens with one attached hydrogen (secondary N) is 1. The van der Waals surface area contributed by atoms with E-state index in [2.05, 4.69) is 15.3 Å². The topological polar surface area (TPSA) is 37.8 Å². The smallest absolute Gasteiger partial charge is 0.373 e. The van der Waals surface area contributed by atoms with Gasteiger partial charge in [-0.05, 0) is 18.2 Å². The number of hydrogen-bond acceptors (Lipinski definition) is 3. The monoisotopic (exact) mass is 227 g/mol. The van der Waals surface area contributed by atoms with Crippen molar-refractivity contribution in [3.63, 3.8) is 0 Å². The van der Waals surface area contributed by atoms with E-state index in [0.29, 0.717) is 16.7 Å². The maximum Gasteiger partial charge on any atom is 0.416 e. The highest BCUT2D eigenvalue weighted by Gasteiger charge is 2.30. The van der Waals surface area contributed by atoms with Crippen LogP contribution in [0, 0.1) is 0 Å². The molecule has 0 amide bonds. The molecule has 1 aromatic carbocycles. The molecule has 0 aliphatic heterocycles. The van der Waals surface area contributed by atoms with Crippen LogP contribution >= 0.6 is 0 Å². The molecule has 0 aliphatic carbocycles. The van der Waals surface area contributed by atoms with Gasteiger partial charge in [0.15, 0.2) is 0 Å². The molecule has 0 bridgehead atoms. The van der Waals surface area contributed by atoms with E-state index in [1.807, 2.05) is 0 Å². The van der Waals surface area contributed by atoms with Gasteiger partial charge in [0.2, 0.25) is 0 Å². The molecule has 2 rings (SSSR count). The van der Waals surface area contributed by atoms with Crippen LogP contribution in [-0.4, -0.2) is 17.0 Å². The van der Waals surface area contributed by atoms with E-state index in [-0.39, 0.29) is 0 Å². The van der Waals surface area contributed by atoms with Gasteiger partial charge < -0.3 is 5.32 Å². The largest absolute Gasteiger partial charge is 0.416 e. The fraction of sp³-hybridized carbons (Fsp3) is 0.200. The zero-order valence-electron chi connectivity index (χ0n) is 8.34. The first-order chi connectivity index (χ1) is 7.52. The highest BCUT2D eigenvalue weighted by Crippen LogP contribution is 2.32. The summed E-state index contributed by atoms with van der Waals surface area (Å²) in [6.07, 6.45) is -3.05. The van der Waals surface area contributed by atoms with Crippen molar-refractivity contribution >= 4 is 16.7 Å². The minimum Gasteiger partial charge on any atom is -0.373 e. The molecule has 0 radical (unpaired) electrons. The highest BCUT2D eigenvalue weighted by molar-refractivity contribution is 5.89. The summed E-state index contributed by atoms with van der Waals surface area (Å²) in [5.74, 6) is 0.385. The van der Waals surface area contributed by atoms with Crippen LogP contribution in [0.5, 0.6) is 0 Å². The summed E-state index contributed by atoms with van der Waals surface area (Å²) in [6, 6.07) is 3.39. The lowest BCUT2D eigenvalue weighted by molar-refractivity contribution is -0.137. The molecule has 16 heavy (non-hydrogen) atoms. The summed E-state index contributed by atoms with van der Waals surface area (Å²) in [7, 11) is 1.60. The van der Waals surface area contributed by atoms with Crippen molar-refractivity contribution in [2.24, 2.45) is 0 Å². The SMILES string of the molecule is CNc1ncnc2ccc(C(F)(F)F)cc12. The van der Waals surface area contributed by atoms with Gasteiger partial charge in [0.25, 0.3) is 0 Å². The summed E-state index contributed by atoms with van der Waals surface area (Å²) in [5, 5.41) is 3.09. The number of halogens is 3. The van der Waals surface area contributed by atoms with Gasteiger partial charge >= 0.3 is 6.18 Å². The molecule has 3 nitrogen and oxygen atoms in total. The van der Waals surface area contributed by atoms with E-state index in [1.54, 1.807) is 7.05 Å². The van der Waals surface area contributed by atoms with Crippen LogP contribution in [-0.2, 0) is 6.18 Å². The van der Waals surface area contributed by atoms with Crippen LogP contribution in [0.3, 0.4) is 0 Å².